The van der Waals surface area contributed by atoms with Gasteiger partial charge in [-0.1, -0.05) is 0 Å². The van der Waals surface area contributed by atoms with Gasteiger partial charge in [0.15, 0.2) is 5.96 Å². The number of nitrogens with one attached hydrogen (secondary N) is 2. The average molecular weight is 376 g/mol. The number of rotatable bonds is 5. The standard InChI is InChI=1S/C14H24N4.HI/c1-5-16-14(18-11(2)3)17-9-7-13-6-8-15-10-12(13)4;/h6,8,10-11H,5,7,9H2,1-4H3,(H2,16,17,18);1H. The number of halogens is 1. The SMILES string of the molecule is CCNC(=NCCc1ccncc1C)NC(C)C.I. The molecular formula is C14H25IN4. The van der Waals surface area contributed by atoms with Gasteiger partial charge in [0, 0.05) is 31.5 Å². The van der Waals surface area contributed by atoms with Gasteiger partial charge >= 0.3 is 0 Å². The van der Waals surface area contributed by atoms with Crippen LogP contribution in [-0.4, -0.2) is 30.1 Å². The van der Waals surface area contributed by atoms with Gasteiger partial charge in [-0.25, -0.2) is 0 Å². The van der Waals surface area contributed by atoms with Crippen molar-refractivity contribution in [1.29, 1.82) is 0 Å². The van der Waals surface area contributed by atoms with E-state index < -0.39 is 0 Å². The highest BCUT2D eigenvalue weighted by Crippen LogP contribution is 2.05. The summed E-state index contributed by atoms with van der Waals surface area (Å²) in [7, 11) is 0. The molecule has 0 spiro atoms. The molecule has 108 valence electrons. The number of aliphatic imine (C=N–C) groups is 1. The number of aryl methyl sites for hydroxylation is 1. The molecule has 0 aliphatic carbocycles. The van der Waals surface area contributed by atoms with Crippen LogP contribution in [0.3, 0.4) is 0 Å². The molecule has 1 aromatic rings. The first-order valence-electron chi connectivity index (χ1n) is 6.57. The molecule has 0 aromatic carbocycles. The molecule has 1 rings (SSSR count). The molecule has 1 aromatic heterocycles. The minimum Gasteiger partial charge on any atom is -0.357 e. The zero-order chi connectivity index (χ0) is 13.4. The fourth-order valence-electron chi connectivity index (χ4n) is 1.66. The zero-order valence-corrected chi connectivity index (χ0v) is 14.6. The maximum absolute atomic E-state index is 4.56. The Balaban J connectivity index is 0.00000324. The Labute approximate surface area is 133 Å². The quantitative estimate of drug-likeness (QED) is 0.472. The Morgan fingerprint density at radius 1 is 1.42 bits per heavy atom. The second-order valence-electron chi connectivity index (χ2n) is 4.61. The maximum atomic E-state index is 4.56. The van der Waals surface area contributed by atoms with Gasteiger partial charge in [-0.05, 0) is 51.3 Å². The molecule has 0 unspecified atom stereocenters. The molecular weight excluding hydrogens is 351 g/mol. The van der Waals surface area contributed by atoms with E-state index in [-0.39, 0.29) is 24.0 Å². The third kappa shape index (κ3) is 7.34. The molecule has 0 saturated carbocycles. The van der Waals surface area contributed by atoms with Crippen molar-refractivity contribution >= 4 is 29.9 Å². The summed E-state index contributed by atoms with van der Waals surface area (Å²) in [5, 5.41) is 6.55. The van der Waals surface area contributed by atoms with E-state index in [0.29, 0.717) is 6.04 Å². The zero-order valence-electron chi connectivity index (χ0n) is 12.2. The van der Waals surface area contributed by atoms with Crippen molar-refractivity contribution in [3.8, 4) is 0 Å². The molecule has 19 heavy (non-hydrogen) atoms. The molecule has 0 aliphatic heterocycles. The molecule has 0 bridgehead atoms. The van der Waals surface area contributed by atoms with Crippen LogP contribution in [0.1, 0.15) is 31.9 Å². The second kappa shape index (κ2) is 10.00. The molecule has 5 heteroatoms. The molecule has 0 aliphatic rings. The lowest BCUT2D eigenvalue weighted by atomic mass is 10.1. The monoisotopic (exact) mass is 376 g/mol. The Morgan fingerprint density at radius 2 is 2.16 bits per heavy atom. The number of pyridine rings is 1. The van der Waals surface area contributed by atoms with Crippen LogP contribution in [0.2, 0.25) is 0 Å². The minimum atomic E-state index is 0. The van der Waals surface area contributed by atoms with Gasteiger partial charge < -0.3 is 10.6 Å². The first-order valence-corrected chi connectivity index (χ1v) is 6.57. The maximum Gasteiger partial charge on any atom is 0.191 e. The number of hydrogen-bond donors (Lipinski definition) is 2. The lowest BCUT2D eigenvalue weighted by Crippen LogP contribution is -2.41. The Hall–Kier alpha value is -0.850. The highest BCUT2D eigenvalue weighted by atomic mass is 127. The van der Waals surface area contributed by atoms with Gasteiger partial charge in [0.05, 0.1) is 0 Å². The van der Waals surface area contributed by atoms with Crippen LogP contribution in [0.5, 0.6) is 0 Å². The number of aromatic nitrogens is 1. The molecule has 0 atom stereocenters. The van der Waals surface area contributed by atoms with Crippen LogP contribution in [0.4, 0.5) is 0 Å². The fourth-order valence-corrected chi connectivity index (χ4v) is 1.66. The summed E-state index contributed by atoms with van der Waals surface area (Å²) in [5.74, 6) is 0.888. The van der Waals surface area contributed by atoms with E-state index in [4.69, 9.17) is 0 Å². The summed E-state index contributed by atoms with van der Waals surface area (Å²) >= 11 is 0. The fraction of sp³-hybridized carbons (Fsp3) is 0.571. The van der Waals surface area contributed by atoms with Crippen molar-refractivity contribution in [2.24, 2.45) is 4.99 Å². The lowest BCUT2D eigenvalue weighted by Gasteiger charge is -2.14. The molecule has 0 amide bonds. The van der Waals surface area contributed by atoms with Crippen LogP contribution in [-0.2, 0) is 6.42 Å². The predicted molar refractivity (Wildman–Crippen MR) is 92.3 cm³/mol. The number of hydrogen-bond acceptors (Lipinski definition) is 2. The third-order valence-corrected chi connectivity index (χ3v) is 2.56. The van der Waals surface area contributed by atoms with E-state index in [0.717, 1.165) is 25.5 Å². The van der Waals surface area contributed by atoms with E-state index in [1.54, 1.807) is 0 Å². The van der Waals surface area contributed by atoms with Gasteiger partial charge in [0.2, 0.25) is 0 Å². The molecule has 2 N–H and O–H groups in total. The van der Waals surface area contributed by atoms with Crippen LogP contribution in [0.15, 0.2) is 23.5 Å². The highest BCUT2D eigenvalue weighted by Gasteiger charge is 2.00. The normalized spacial score (nSPS) is 11.1. The molecule has 0 radical (unpaired) electrons. The van der Waals surface area contributed by atoms with Crippen LogP contribution in [0, 0.1) is 6.92 Å². The summed E-state index contributed by atoms with van der Waals surface area (Å²) in [4.78, 5) is 8.66. The molecule has 0 saturated heterocycles. The summed E-state index contributed by atoms with van der Waals surface area (Å²) in [6, 6.07) is 2.46. The highest BCUT2D eigenvalue weighted by molar-refractivity contribution is 14.0. The third-order valence-electron chi connectivity index (χ3n) is 2.56. The number of guanidine groups is 1. The van der Waals surface area contributed by atoms with Gasteiger partial charge in [-0.2, -0.15) is 0 Å². The Bertz CT molecular complexity index is 391. The van der Waals surface area contributed by atoms with Gasteiger partial charge in [0.25, 0.3) is 0 Å². The molecule has 1 heterocycles. The molecule has 0 fully saturated rings. The Kier molecular flexibility index (Phi) is 9.55. The van der Waals surface area contributed by atoms with E-state index in [1.807, 2.05) is 12.4 Å². The van der Waals surface area contributed by atoms with Gasteiger partial charge in [-0.3, -0.25) is 9.98 Å². The summed E-state index contributed by atoms with van der Waals surface area (Å²) in [6.07, 6.45) is 4.68. The van der Waals surface area contributed by atoms with Gasteiger partial charge in [-0.15, -0.1) is 24.0 Å². The predicted octanol–water partition coefficient (Wildman–Crippen LogP) is 2.51. The number of nitrogens with zero attached hydrogens (tertiary/aromatic N) is 2. The first kappa shape index (κ1) is 18.1. The van der Waals surface area contributed by atoms with Crippen molar-refractivity contribution < 1.29 is 0 Å². The smallest absolute Gasteiger partial charge is 0.191 e. The van der Waals surface area contributed by atoms with Crippen molar-refractivity contribution in [2.45, 2.75) is 40.2 Å². The largest absolute Gasteiger partial charge is 0.357 e. The van der Waals surface area contributed by atoms with Crippen molar-refractivity contribution in [3.05, 3.63) is 29.6 Å². The van der Waals surface area contributed by atoms with E-state index >= 15 is 0 Å². The topological polar surface area (TPSA) is 49.3 Å². The van der Waals surface area contributed by atoms with Crippen LogP contribution in [0.25, 0.3) is 0 Å². The first-order chi connectivity index (χ1) is 8.63. The summed E-state index contributed by atoms with van der Waals surface area (Å²) in [5.41, 5.74) is 2.55. The van der Waals surface area contributed by atoms with E-state index in [9.17, 15) is 0 Å². The Morgan fingerprint density at radius 3 is 2.74 bits per heavy atom. The van der Waals surface area contributed by atoms with Gasteiger partial charge in [0.1, 0.15) is 0 Å². The average Bonchev–Trinajstić information content (AvgIpc) is 2.31. The minimum absolute atomic E-state index is 0. The van der Waals surface area contributed by atoms with Crippen LogP contribution < -0.4 is 10.6 Å². The second-order valence-corrected chi connectivity index (χ2v) is 4.61. The summed E-state index contributed by atoms with van der Waals surface area (Å²) < 4.78 is 0. The van der Waals surface area contributed by atoms with E-state index in [2.05, 4.69) is 54.4 Å². The van der Waals surface area contributed by atoms with E-state index in [1.165, 1.54) is 11.1 Å². The van der Waals surface area contributed by atoms with Crippen molar-refractivity contribution in [2.75, 3.05) is 13.1 Å². The van der Waals surface area contributed by atoms with Crippen molar-refractivity contribution in [1.82, 2.24) is 15.6 Å². The summed E-state index contributed by atoms with van der Waals surface area (Å²) in [6.45, 7) is 10.0. The van der Waals surface area contributed by atoms with Crippen molar-refractivity contribution in [3.63, 3.8) is 0 Å². The molecule has 4 nitrogen and oxygen atoms in total. The van der Waals surface area contributed by atoms with Crippen LogP contribution >= 0.6 is 24.0 Å². The lowest BCUT2D eigenvalue weighted by molar-refractivity contribution is 0.700.